The average Bonchev–Trinajstić information content (AvgIpc) is 2.21. The van der Waals surface area contributed by atoms with Gasteiger partial charge in [-0.15, -0.1) is 0 Å². The highest BCUT2D eigenvalue weighted by Crippen LogP contribution is 2.23. The average molecular weight is 215 g/mol. The lowest BCUT2D eigenvalue weighted by atomic mass is 9.87. The number of rotatable bonds is 5. The summed E-state index contributed by atoms with van der Waals surface area (Å²) in [6.07, 6.45) is 9.16. The van der Waals surface area contributed by atoms with Crippen LogP contribution in [0.1, 0.15) is 46.0 Å². The van der Waals surface area contributed by atoms with Gasteiger partial charge < -0.3 is 5.32 Å². The smallest absolute Gasteiger partial charge is 0.00672 e. The molecule has 0 heterocycles. The van der Waals surface area contributed by atoms with Crippen LogP contribution < -0.4 is 5.32 Å². The van der Waals surface area contributed by atoms with Crippen molar-refractivity contribution in [3.8, 4) is 0 Å². The SMILES string of the molecule is CSC(C)CCNC1CCC(C)CC1. The fourth-order valence-corrected chi connectivity index (χ4v) is 2.43. The van der Waals surface area contributed by atoms with E-state index in [4.69, 9.17) is 0 Å². The minimum Gasteiger partial charge on any atom is -0.314 e. The van der Waals surface area contributed by atoms with Gasteiger partial charge in [-0.1, -0.05) is 13.8 Å². The van der Waals surface area contributed by atoms with Crippen LogP contribution in [-0.4, -0.2) is 24.1 Å². The van der Waals surface area contributed by atoms with Gasteiger partial charge in [0, 0.05) is 11.3 Å². The lowest BCUT2D eigenvalue weighted by Crippen LogP contribution is -2.34. The second-order valence-corrected chi connectivity index (χ2v) is 6.02. The molecule has 1 nitrogen and oxygen atoms in total. The molecule has 0 aromatic rings. The summed E-state index contributed by atoms with van der Waals surface area (Å²) in [6, 6.07) is 0.820. The third-order valence-corrected chi connectivity index (χ3v) is 4.44. The first kappa shape index (κ1) is 12.4. The summed E-state index contributed by atoms with van der Waals surface area (Å²) >= 11 is 1.97. The topological polar surface area (TPSA) is 12.0 Å². The van der Waals surface area contributed by atoms with Crippen LogP contribution in [0.15, 0.2) is 0 Å². The lowest BCUT2D eigenvalue weighted by molar-refractivity contribution is 0.307. The van der Waals surface area contributed by atoms with E-state index >= 15 is 0 Å². The number of nitrogens with one attached hydrogen (secondary N) is 1. The Hall–Kier alpha value is 0.310. The van der Waals surface area contributed by atoms with Crippen LogP contribution in [0.5, 0.6) is 0 Å². The molecule has 1 aliphatic carbocycles. The number of thioether (sulfide) groups is 1. The van der Waals surface area contributed by atoms with Crippen molar-refractivity contribution in [2.24, 2.45) is 5.92 Å². The third-order valence-electron chi connectivity index (χ3n) is 3.40. The Morgan fingerprint density at radius 2 is 1.93 bits per heavy atom. The van der Waals surface area contributed by atoms with Crippen LogP contribution in [0.4, 0.5) is 0 Å². The fraction of sp³-hybridized carbons (Fsp3) is 1.00. The Bertz CT molecular complexity index is 141. The lowest BCUT2D eigenvalue weighted by Gasteiger charge is -2.27. The maximum atomic E-state index is 3.69. The Morgan fingerprint density at radius 3 is 2.50 bits per heavy atom. The van der Waals surface area contributed by atoms with Gasteiger partial charge in [-0.25, -0.2) is 0 Å². The molecule has 0 amide bonds. The van der Waals surface area contributed by atoms with Crippen molar-refractivity contribution in [3.05, 3.63) is 0 Å². The first-order chi connectivity index (χ1) is 6.72. The number of hydrogen-bond donors (Lipinski definition) is 1. The van der Waals surface area contributed by atoms with Crippen LogP contribution in [0.25, 0.3) is 0 Å². The van der Waals surface area contributed by atoms with Gasteiger partial charge in [0.25, 0.3) is 0 Å². The molecule has 0 aromatic heterocycles. The first-order valence-corrected chi connectivity index (χ1v) is 7.27. The second kappa shape index (κ2) is 6.73. The molecular formula is C12H25NS. The van der Waals surface area contributed by atoms with E-state index in [1.807, 2.05) is 11.8 Å². The van der Waals surface area contributed by atoms with Crippen LogP contribution in [-0.2, 0) is 0 Å². The predicted molar refractivity (Wildman–Crippen MR) is 67.0 cm³/mol. The molecule has 84 valence electrons. The van der Waals surface area contributed by atoms with Gasteiger partial charge in [-0.2, -0.15) is 11.8 Å². The first-order valence-electron chi connectivity index (χ1n) is 5.98. The number of hydrogen-bond acceptors (Lipinski definition) is 2. The standard InChI is InChI=1S/C12H25NS/c1-10-4-6-12(7-5-10)13-9-8-11(2)14-3/h10-13H,4-9H2,1-3H3. The highest BCUT2D eigenvalue weighted by Gasteiger charge is 2.17. The van der Waals surface area contributed by atoms with Crippen molar-refractivity contribution in [1.29, 1.82) is 0 Å². The van der Waals surface area contributed by atoms with Crippen molar-refractivity contribution in [1.82, 2.24) is 5.32 Å². The highest BCUT2D eigenvalue weighted by molar-refractivity contribution is 7.99. The summed E-state index contributed by atoms with van der Waals surface area (Å²) in [5.41, 5.74) is 0. The van der Waals surface area contributed by atoms with Gasteiger partial charge in [-0.05, 0) is 50.8 Å². The third kappa shape index (κ3) is 4.70. The maximum absolute atomic E-state index is 3.69. The molecule has 1 aliphatic rings. The van der Waals surface area contributed by atoms with E-state index in [9.17, 15) is 0 Å². The zero-order chi connectivity index (χ0) is 10.4. The summed E-state index contributed by atoms with van der Waals surface area (Å²) in [5.74, 6) is 0.971. The van der Waals surface area contributed by atoms with Crippen molar-refractivity contribution >= 4 is 11.8 Å². The monoisotopic (exact) mass is 215 g/mol. The molecule has 1 N–H and O–H groups in total. The van der Waals surface area contributed by atoms with Gasteiger partial charge in [-0.3, -0.25) is 0 Å². The molecule has 2 heteroatoms. The fourth-order valence-electron chi connectivity index (χ4n) is 2.07. The molecule has 0 saturated heterocycles. The van der Waals surface area contributed by atoms with E-state index in [0.29, 0.717) is 0 Å². The van der Waals surface area contributed by atoms with Crippen molar-refractivity contribution in [3.63, 3.8) is 0 Å². The van der Waals surface area contributed by atoms with Crippen LogP contribution in [0, 0.1) is 5.92 Å². The molecule has 1 atom stereocenters. The van der Waals surface area contributed by atoms with E-state index < -0.39 is 0 Å². The maximum Gasteiger partial charge on any atom is 0.00672 e. The van der Waals surface area contributed by atoms with Gasteiger partial charge in [0.2, 0.25) is 0 Å². The normalized spacial score (nSPS) is 30.2. The van der Waals surface area contributed by atoms with E-state index in [2.05, 4.69) is 25.4 Å². The molecule has 0 aromatic carbocycles. The molecule has 0 spiro atoms. The Morgan fingerprint density at radius 1 is 1.29 bits per heavy atom. The zero-order valence-corrected chi connectivity index (χ0v) is 10.7. The highest BCUT2D eigenvalue weighted by atomic mass is 32.2. The minimum absolute atomic E-state index is 0.810. The Kier molecular flexibility index (Phi) is 5.95. The molecule has 1 rings (SSSR count). The van der Waals surface area contributed by atoms with Crippen molar-refractivity contribution in [2.45, 2.75) is 57.2 Å². The molecular weight excluding hydrogens is 190 g/mol. The summed E-state index contributed by atoms with van der Waals surface area (Å²) in [6.45, 7) is 5.91. The molecule has 0 radical (unpaired) electrons. The summed E-state index contributed by atoms with van der Waals surface area (Å²) < 4.78 is 0. The Labute approximate surface area is 93.4 Å². The molecule has 14 heavy (non-hydrogen) atoms. The van der Waals surface area contributed by atoms with Gasteiger partial charge >= 0.3 is 0 Å². The quantitative estimate of drug-likeness (QED) is 0.755. The van der Waals surface area contributed by atoms with Crippen molar-refractivity contribution in [2.75, 3.05) is 12.8 Å². The second-order valence-electron chi connectivity index (χ2n) is 4.75. The largest absolute Gasteiger partial charge is 0.314 e. The summed E-state index contributed by atoms with van der Waals surface area (Å²) in [4.78, 5) is 0. The van der Waals surface area contributed by atoms with E-state index in [0.717, 1.165) is 17.2 Å². The van der Waals surface area contributed by atoms with Gasteiger partial charge in [0.1, 0.15) is 0 Å². The Balaban J connectivity index is 2.02. The van der Waals surface area contributed by atoms with E-state index in [1.54, 1.807) is 0 Å². The van der Waals surface area contributed by atoms with Crippen LogP contribution >= 0.6 is 11.8 Å². The predicted octanol–water partition coefficient (Wildman–Crippen LogP) is 3.30. The molecule has 0 bridgehead atoms. The molecule has 1 fully saturated rings. The van der Waals surface area contributed by atoms with Crippen LogP contribution in [0.2, 0.25) is 0 Å². The molecule has 0 aliphatic heterocycles. The van der Waals surface area contributed by atoms with Crippen molar-refractivity contribution < 1.29 is 0 Å². The molecule has 1 saturated carbocycles. The summed E-state index contributed by atoms with van der Waals surface area (Å²) in [5, 5.41) is 4.50. The van der Waals surface area contributed by atoms with Gasteiger partial charge in [0.05, 0.1) is 0 Å². The zero-order valence-electron chi connectivity index (χ0n) is 9.88. The van der Waals surface area contributed by atoms with E-state index in [1.165, 1.54) is 38.6 Å². The molecule has 1 unspecified atom stereocenters. The van der Waals surface area contributed by atoms with Crippen LogP contribution in [0.3, 0.4) is 0 Å². The summed E-state index contributed by atoms with van der Waals surface area (Å²) in [7, 11) is 0. The van der Waals surface area contributed by atoms with E-state index in [-0.39, 0.29) is 0 Å². The van der Waals surface area contributed by atoms with Gasteiger partial charge in [0.15, 0.2) is 0 Å². The minimum atomic E-state index is 0.810.